The average molecular weight is 127 g/mol. The summed E-state index contributed by atoms with van der Waals surface area (Å²) in [7, 11) is 3.68. The third-order valence-electron chi connectivity index (χ3n) is 1.11. The van der Waals surface area contributed by atoms with Crippen molar-refractivity contribution in [3.05, 3.63) is 12.3 Å². The zero-order valence-corrected chi connectivity index (χ0v) is 5.46. The second-order valence-corrected chi connectivity index (χ2v) is 2.01. The third kappa shape index (κ3) is 0.988. The van der Waals surface area contributed by atoms with E-state index in [2.05, 4.69) is 4.42 Å². The van der Waals surface area contributed by atoms with Gasteiger partial charge >= 0.3 is 5.95 Å². The Bertz CT molecular complexity index is 193. The molecule has 0 unspecified atom stereocenters. The number of hydrogen-bond donors (Lipinski definition) is 1. The van der Waals surface area contributed by atoms with Crippen LogP contribution < -0.4 is 4.90 Å². The molecule has 0 fully saturated rings. The van der Waals surface area contributed by atoms with Gasteiger partial charge in [0.1, 0.15) is 5.69 Å². The molecule has 0 amide bonds. The van der Waals surface area contributed by atoms with Gasteiger partial charge in [0.25, 0.3) is 0 Å². The smallest absolute Gasteiger partial charge is 0.306 e. The minimum atomic E-state index is -0.0278. The Hall–Kier alpha value is -1.12. The van der Waals surface area contributed by atoms with Gasteiger partial charge in [0, 0.05) is 20.2 Å². The van der Waals surface area contributed by atoms with Gasteiger partial charge in [0.15, 0.2) is 0 Å². The van der Waals surface area contributed by atoms with Crippen molar-refractivity contribution in [3.8, 4) is 5.95 Å². The van der Waals surface area contributed by atoms with Crippen LogP contribution in [0.25, 0.3) is 0 Å². The van der Waals surface area contributed by atoms with E-state index in [1.807, 2.05) is 14.1 Å². The molecule has 50 valence electrons. The first-order valence-electron chi connectivity index (χ1n) is 2.65. The van der Waals surface area contributed by atoms with Crippen molar-refractivity contribution in [1.82, 2.24) is 0 Å². The number of aromatic hydroxyl groups is 1. The van der Waals surface area contributed by atoms with E-state index in [9.17, 15) is 0 Å². The monoisotopic (exact) mass is 127 g/mol. The predicted octanol–water partition coefficient (Wildman–Crippen LogP) is 1.05. The average Bonchev–Trinajstić information content (AvgIpc) is 2.13. The van der Waals surface area contributed by atoms with Gasteiger partial charge in [-0.05, 0) is 0 Å². The number of hydrogen-bond acceptors (Lipinski definition) is 3. The molecule has 1 N–H and O–H groups in total. The molecule has 0 bridgehead atoms. The molecule has 1 aromatic rings. The second-order valence-electron chi connectivity index (χ2n) is 2.01. The van der Waals surface area contributed by atoms with Crippen LogP contribution in [0.1, 0.15) is 0 Å². The molecule has 1 aromatic heterocycles. The summed E-state index contributed by atoms with van der Waals surface area (Å²) < 4.78 is 4.64. The second kappa shape index (κ2) is 2.01. The lowest BCUT2D eigenvalue weighted by atomic mass is 10.5. The Kier molecular flexibility index (Phi) is 1.34. The van der Waals surface area contributed by atoms with E-state index in [1.54, 1.807) is 11.0 Å². The molecule has 3 nitrogen and oxygen atoms in total. The number of anilines is 1. The van der Waals surface area contributed by atoms with E-state index in [-0.39, 0.29) is 5.95 Å². The van der Waals surface area contributed by atoms with Gasteiger partial charge in [-0.2, -0.15) is 0 Å². The largest absolute Gasteiger partial charge is 0.479 e. The van der Waals surface area contributed by atoms with Crippen molar-refractivity contribution >= 4 is 5.69 Å². The van der Waals surface area contributed by atoms with Crippen molar-refractivity contribution in [1.29, 1.82) is 0 Å². The SMILES string of the molecule is CN(C)c1ccoc1O. The maximum absolute atomic E-state index is 8.91. The molecule has 0 saturated carbocycles. The Morgan fingerprint density at radius 1 is 1.56 bits per heavy atom. The van der Waals surface area contributed by atoms with E-state index < -0.39 is 0 Å². The minimum absolute atomic E-state index is 0.0278. The highest BCUT2D eigenvalue weighted by Crippen LogP contribution is 2.25. The molecule has 1 rings (SSSR count). The fourth-order valence-corrected chi connectivity index (χ4v) is 0.635. The summed E-state index contributed by atoms with van der Waals surface area (Å²) in [5.74, 6) is -0.0278. The fraction of sp³-hybridized carbons (Fsp3) is 0.333. The molecule has 0 spiro atoms. The van der Waals surface area contributed by atoms with E-state index in [0.717, 1.165) is 0 Å². The molecule has 9 heavy (non-hydrogen) atoms. The Morgan fingerprint density at radius 3 is 2.44 bits per heavy atom. The van der Waals surface area contributed by atoms with Crippen molar-refractivity contribution in [2.24, 2.45) is 0 Å². The van der Waals surface area contributed by atoms with Crippen LogP contribution in [0, 0.1) is 0 Å². The molecular weight excluding hydrogens is 118 g/mol. The van der Waals surface area contributed by atoms with E-state index in [1.165, 1.54) is 6.26 Å². The zero-order valence-electron chi connectivity index (χ0n) is 5.46. The van der Waals surface area contributed by atoms with Crippen LogP contribution in [0.3, 0.4) is 0 Å². The Balaban J connectivity index is 2.94. The maximum atomic E-state index is 8.91. The quantitative estimate of drug-likeness (QED) is 0.612. The van der Waals surface area contributed by atoms with Gasteiger partial charge in [-0.1, -0.05) is 0 Å². The number of rotatable bonds is 1. The lowest BCUT2D eigenvalue weighted by Gasteiger charge is -2.07. The molecule has 1 heterocycles. The number of furan rings is 1. The molecular formula is C6H9NO2. The summed E-state index contributed by atoms with van der Waals surface area (Å²) in [6, 6.07) is 1.70. The lowest BCUT2D eigenvalue weighted by Crippen LogP contribution is -2.06. The summed E-state index contributed by atoms with van der Waals surface area (Å²) in [6.45, 7) is 0. The minimum Gasteiger partial charge on any atom is -0.479 e. The molecule has 3 heteroatoms. The molecule has 0 aliphatic rings. The highest BCUT2D eigenvalue weighted by molar-refractivity contribution is 5.51. The van der Waals surface area contributed by atoms with Crippen LogP contribution in [-0.2, 0) is 0 Å². The molecule has 0 aliphatic heterocycles. The molecule has 0 radical (unpaired) electrons. The van der Waals surface area contributed by atoms with Crippen LogP contribution in [0.5, 0.6) is 5.95 Å². The Morgan fingerprint density at radius 2 is 2.22 bits per heavy atom. The first kappa shape index (κ1) is 6.01. The third-order valence-corrected chi connectivity index (χ3v) is 1.11. The normalized spacial score (nSPS) is 9.56. The first-order valence-corrected chi connectivity index (χ1v) is 2.65. The van der Waals surface area contributed by atoms with Crippen LogP contribution >= 0.6 is 0 Å². The van der Waals surface area contributed by atoms with Crippen molar-refractivity contribution < 1.29 is 9.52 Å². The van der Waals surface area contributed by atoms with Crippen LogP contribution in [0.4, 0.5) is 5.69 Å². The molecule has 0 saturated heterocycles. The van der Waals surface area contributed by atoms with E-state index in [4.69, 9.17) is 5.11 Å². The van der Waals surface area contributed by atoms with Crippen LogP contribution in [-0.4, -0.2) is 19.2 Å². The van der Waals surface area contributed by atoms with Gasteiger partial charge < -0.3 is 14.4 Å². The standard InChI is InChI=1S/C6H9NO2/c1-7(2)5-3-4-9-6(5)8/h3-4,8H,1-2H3. The van der Waals surface area contributed by atoms with Crippen LogP contribution in [0.15, 0.2) is 16.7 Å². The molecule has 0 atom stereocenters. The van der Waals surface area contributed by atoms with Gasteiger partial charge in [-0.3, -0.25) is 0 Å². The maximum Gasteiger partial charge on any atom is 0.306 e. The summed E-state index contributed by atoms with van der Waals surface area (Å²) >= 11 is 0. The van der Waals surface area contributed by atoms with Crippen molar-refractivity contribution in [2.75, 3.05) is 19.0 Å². The van der Waals surface area contributed by atoms with E-state index >= 15 is 0 Å². The Labute approximate surface area is 53.5 Å². The van der Waals surface area contributed by atoms with Crippen molar-refractivity contribution in [2.45, 2.75) is 0 Å². The lowest BCUT2D eigenvalue weighted by molar-refractivity contribution is 0.333. The summed E-state index contributed by atoms with van der Waals surface area (Å²) in [6.07, 6.45) is 1.45. The highest BCUT2D eigenvalue weighted by Gasteiger charge is 2.03. The highest BCUT2D eigenvalue weighted by atomic mass is 16.5. The van der Waals surface area contributed by atoms with Crippen LogP contribution in [0.2, 0.25) is 0 Å². The van der Waals surface area contributed by atoms with Gasteiger partial charge in [0.2, 0.25) is 0 Å². The fourth-order valence-electron chi connectivity index (χ4n) is 0.635. The first-order chi connectivity index (χ1) is 4.22. The number of nitrogens with zero attached hydrogens (tertiary/aromatic N) is 1. The molecule has 0 aliphatic carbocycles. The molecule has 0 aromatic carbocycles. The van der Waals surface area contributed by atoms with Gasteiger partial charge in [-0.25, -0.2) is 0 Å². The van der Waals surface area contributed by atoms with Gasteiger partial charge in [-0.15, -0.1) is 0 Å². The van der Waals surface area contributed by atoms with Crippen molar-refractivity contribution in [3.63, 3.8) is 0 Å². The topological polar surface area (TPSA) is 36.6 Å². The summed E-state index contributed by atoms with van der Waals surface area (Å²) in [4.78, 5) is 1.78. The summed E-state index contributed by atoms with van der Waals surface area (Å²) in [5, 5.41) is 8.91. The van der Waals surface area contributed by atoms with Gasteiger partial charge in [0.05, 0.1) is 6.26 Å². The predicted molar refractivity (Wildman–Crippen MR) is 34.7 cm³/mol. The van der Waals surface area contributed by atoms with E-state index in [0.29, 0.717) is 5.69 Å². The zero-order chi connectivity index (χ0) is 6.85. The summed E-state index contributed by atoms with van der Waals surface area (Å²) in [5.41, 5.74) is 0.704.